The van der Waals surface area contributed by atoms with Crippen LogP contribution in [0.4, 0.5) is 4.79 Å². The third kappa shape index (κ3) is 12.2. The minimum absolute atomic E-state index is 0.0204. The summed E-state index contributed by atoms with van der Waals surface area (Å²) in [4.78, 5) is 36.0. The molecule has 0 heterocycles. The summed E-state index contributed by atoms with van der Waals surface area (Å²) in [6, 6.07) is 20.7. The first-order valence-electron chi connectivity index (χ1n) is 14.5. The molecule has 2 aromatic carbocycles. The van der Waals surface area contributed by atoms with Gasteiger partial charge in [0, 0.05) is 0 Å². The van der Waals surface area contributed by atoms with E-state index in [9.17, 15) is 14.4 Å². The second-order valence-electron chi connectivity index (χ2n) is 13.1. The van der Waals surface area contributed by atoms with Crippen LogP contribution in [0.3, 0.4) is 0 Å². The maximum Gasteiger partial charge on any atom is 0.408 e. The van der Waals surface area contributed by atoms with E-state index < -0.39 is 28.7 Å². The molecule has 0 unspecified atom stereocenters. The van der Waals surface area contributed by atoms with Crippen LogP contribution in [0.1, 0.15) is 97.1 Å². The van der Waals surface area contributed by atoms with Crippen LogP contribution < -0.4 is 10.2 Å². The van der Waals surface area contributed by atoms with Crippen LogP contribution in [-0.2, 0) is 19.1 Å². The zero-order valence-corrected chi connectivity index (χ0v) is 27.0. The van der Waals surface area contributed by atoms with E-state index in [0.29, 0.717) is 11.8 Å². The number of carbonyl (C=O) groups is 3. The van der Waals surface area contributed by atoms with Crippen molar-refractivity contribution >= 4 is 29.8 Å². The molecule has 4 rings (SSSR count). The third-order valence-corrected chi connectivity index (χ3v) is 7.59. The lowest BCUT2D eigenvalue weighted by Gasteiger charge is -2.36. The number of carboxylic acid groups (broad SMARTS) is 1. The molecule has 0 aliphatic heterocycles. The maximum absolute atomic E-state index is 11.8. The molecule has 0 aromatic heterocycles. The van der Waals surface area contributed by atoms with Gasteiger partial charge in [0.15, 0.2) is 0 Å². The second-order valence-corrected chi connectivity index (χ2v) is 13.3. The van der Waals surface area contributed by atoms with Crippen molar-refractivity contribution in [1.29, 1.82) is 0 Å². The average molecular weight is 619 g/mol. The molecule has 0 bridgehead atoms. The first-order chi connectivity index (χ1) is 19.9. The van der Waals surface area contributed by atoms with Gasteiger partial charge < -0.3 is 25.0 Å². The number of aliphatic hydroxyl groups is 1. The van der Waals surface area contributed by atoms with Gasteiger partial charge in [-0.3, -0.25) is 4.79 Å². The van der Waals surface area contributed by atoms with Crippen LogP contribution in [0, 0.1) is 0 Å². The van der Waals surface area contributed by atoms with E-state index in [-0.39, 0.29) is 18.2 Å². The van der Waals surface area contributed by atoms with Gasteiger partial charge in [-0.05, 0) is 109 Å². The molecule has 10 heteroatoms. The number of carboxylic acids is 1. The number of esters is 1. The second kappa shape index (κ2) is 15.5. The summed E-state index contributed by atoms with van der Waals surface area (Å²) in [7, 11) is 0. The van der Waals surface area contributed by atoms with E-state index >= 15 is 0 Å². The van der Waals surface area contributed by atoms with Gasteiger partial charge in [-0.2, -0.15) is 0 Å². The first kappa shape index (κ1) is 36.1. The number of nitrogens with one attached hydrogen (secondary N) is 2. The van der Waals surface area contributed by atoms with Crippen molar-refractivity contribution in [3.05, 3.63) is 71.8 Å². The van der Waals surface area contributed by atoms with Gasteiger partial charge >= 0.3 is 18.0 Å². The Bertz CT molecular complexity index is 1170. The van der Waals surface area contributed by atoms with Crippen molar-refractivity contribution in [3.8, 4) is 0 Å². The highest BCUT2D eigenvalue weighted by atomic mass is 35.5. The molecule has 1 amide bonds. The Morgan fingerprint density at radius 2 is 1.21 bits per heavy atom. The summed E-state index contributed by atoms with van der Waals surface area (Å²) < 4.78 is 10.3. The van der Waals surface area contributed by atoms with E-state index in [2.05, 4.69) is 46.6 Å². The lowest BCUT2D eigenvalue weighted by molar-refractivity contribution is -0.159. The fourth-order valence-electron chi connectivity index (χ4n) is 4.19. The van der Waals surface area contributed by atoms with Crippen LogP contribution in [0.5, 0.6) is 0 Å². The number of rotatable bonds is 7. The number of aliphatic hydroxyl groups excluding tert-OH is 1. The largest absolute Gasteiger partial charge is 0.480 e. The van der Waals surface area contributed by atoms with Gasteiger partial charge in [0.1, 0.15) is 22.8 Å². The number of alkyl carbamates (subject to hydrolysis) is 1. The topological polar surface area (TPSA) is 134 Å². The molecule has 9 nitrogen and oxygen atoms in total. The van der Waals surface area contributed by atoms with Gasteiger partial charge in [0.25, 0.3) is 0 Å². The average Bonchev–Trinajstić information content (AvgIpc) is 2.88. The van der Waals surface area contributed by atoms with E-state index in [1.165, 1.54) is 25.0 Å². The Morgan fingerprint density at radius 1 is 0.767 bits per heavy atom. The molecule has 43 heavy (non-hydrogen) atoms. The molecular formula is C33H47ClN2O7. The summed E-state index contributed by atoms with van der Waals surface area (Å²) >= 11 is 5.51. The van der Waals surface area contributed by atoms with Crippen molar-refractivity contribution in [2.75, 3.05) is 0 Å². The van der Waals surface area contributed by atoms with Gasteiger partial charge in [0.2, 0.25) is 0 Å². The van der Waals surface area contributed by atoms with Gasteiger partial charge in [0.05, 0.1) is 6.10 Å². The van der Waals surface area contributed by atoms with Crippen LogP contribution in [-0.4, -0.2) is 57.1 Å². The smallest absolute Gasteiger partial charge is 0.408 e. The molecule has 4 N–H and O–H groups in total. The predicted octanol–water partition coefficient (Wildman–Crippen LogP) is 6.30. The number of aliphatic carboxylic acids is 1. The Labute approximate surface area is 260 Å². The molecule has 0 atom stereocenters. The fourth-order valence-corrected chi connectivity index (χ4v) is 4.27. The highest BCUT2D eigenvalue weighted by Gasteiger charge is 2.37. The van der Waals surface area contributed by atoms with Gasteiger partial charge in [-0.25, -0.2) is 14.4 Å². The predicted molar refractivity (Wildman–Crippen MR) is 167 cm³/mol. The molecule has 2 aromatic rings. The van der Waals surface area contributed by atoms with Crippen molar-refractivity contribution in [1.82, 2.24) is 10.2 Å². The highest BCUT2D eigenvalue weighted by molar-refractivity contribution is 6.15. The summed E-state index contributed by atoms with van der Waals surface area (Å²) in [5, 5.41) is 20.0. The van der Waals surface area contributed by atoms with Crippen LogP contribution in [0.25, 0.3) is 0 Å². The van der Waals surface area contributed by atoms with Crippen LogP contribution >= 0.6 is 11.8 Å². The van der Waals surface area contributed by atoms with E-state index in [4.69, 9.17) is 31.5 Å². The maximum atomic E-state index is 11.8. The third-order valence-electron chi connectivity index (χ3n) is 7.12. The summed E-state index contributed by atoms with van der Waals surface area (Å²) in [5.41, 5.74) is -0.0854. The Morgan fingerprint density at radius 3 is 1.58 bits per heavy atom. The lowest BCUT2D eigenvalue weighted by Crippen LogP contribution is -2.51. The zero-order chi connectivity index (χ0) is 32.4. The SMILES string of the molecule is CC(C)(C)OC(=O)NC(C)(C)C(=O)O.CC(C)(NCl)C(=O)OC1CC(c2ccccc2)C1.OC1CC(c2ccccc2)C1. The van der Waals surface area contributed by atoms with Crippen molar-refractivity contribution in [2.24, 2.45) is 0 Å². The number of carbonyl (C=O) groups excluding carboxylic acids is 2. The summed E-state index contributed by atoms with van der Waals surface area (Å²) in [6.45, 7) is 11.3. The monoisotopic (exact) mass is 618 g/mol. The summed E-state index contributed by atoms with van der Waals surface area (Å²) in [6.07, 6.45) is 2.94. The zero-order valence-electron chi connectivity index (χ0n) is 26.2. The number of hydrogen-bond acceptors (Lipinski definition) is 7. The number of amides is 1. The van der Waals surface area contributed by atoms with Gasteiger partial charge in [-0.1, -0.05) is 60.7 Å². The quantitative estimate of drug-likeness (QED) is 0.210. The molecule has 0 saturated heterocycles. The number of benzene rings is 2. The molecule has 238 valence electrons. The number of halogens is 1. The lowest BCUT2D eigenvalue weighted by atomic mass is 9.77. The summed E-state index contributed by atoms with van der Waals surface area (Å²) in [5.74, 6) is -0.278. The first-order valence-corrected chi connectivity index (χ1v) is 14.9. The van der Waals surface area contributed by atoms with Crippen molar-refractivity contribution in [2.45, 2.75) is 115 Å². The van der Waals surface area contributed by atoms with E-state index in [1.807, 2.05) is 24.3 Å². The van der Waals surface area contributed by atoms with Crippen molar-refractivity contribution in [3.63, 3.8) is 0 Å². The Balaban J connectivity index is 0.000000232. The molecule has 2 fully saturated rings. The minimum atomic E-state index is -1.32. The number of ether oxygens (including phenoxy) is 2. The molecule has 2 saturated carbocycles. The normalized spacial score (nSPS) is 21.2. The minimum Gasteiger partial charge on any atom is -0.480 e. The molecule has 2 aliphatic rings. The van der Waals surface area contributed by atoms with Crippen molar-refractivity contribution < 1.29 is 34.1 Å². The van der Waals surface area contributed by atoms with Crippen LogP contribution in [0.15, 0.2) is 60.7 Å². The molecular weight excluding hydrogens is 572 g/mol. The van der Waals surface area contributed by atoms with E-state index in [1.54, 1.807) is 34.6 Å². The standard InChI is InChI=1S/C14H18ClNO2.C10H12O.C9H17NO4/c1-14(2,16-15)13(17)18-12-8-11(9-12)10-6-4-3-5-7-10;11-10-6-9(7-10)8-4-2-1-3-5-8;1-8(2,3)14-7(13)10-9(4,5)6(11)12/h3-7,11-12,16H,8-9H2,1-2H3;1-5,9-11H,6-7H2;1-5H3,(H,10,13)(H,11,12). The van der Waals surface area contributed by atoms with Crippen LogP contribution in [0.2, 0.25) is 0 Å². The number of hydrogen-bond donors (Lipinski definition) is 4. The van der Waals surface area contributed by atoms with E-state index in [0.717, 1.165) is 25.7 Å². The van der Waals surface area contributed by atoms with Gasteiger partial charge in [-0.15, -0.1) is 0 Å². The molecule has 0 radical (unpaired) electrons. The highest BCUT2D eigenvalue weighted by Crippen LogP contribution is 2.39. The Hall–Kier alpha value is -3.14. The fraction of sp³-hybridized carbons (Fsp3) is 0.545. The Kier molecular flexibility index (Phi) is 13.0. The molecule has 2 aliphatic carbocycles. The molecule has 0 spiro atoms.